The molecule has 20 heavy (non-hydrogen) atoms. The van der Waals surface area contributed by atoms with Crippen LogP contribution in [0.15, 0.2) is 18.2 Å². The Morgan fingerprint density at radius 1 is 1.10 bits per heavy atom. The van der Waals surface area contributed by atoms with Gasteiger partial charge in [0.15, 0.2) is 11.6 Å². The minimum atomic E-state index is -0.945. The zero-order chi connectivity index (χ0) is 15.1. The Morgan fingerprint density at radius 2 is 1.70 bits per heavy atom. The molecule has 0 amide bonds. The van der Waals surface area contributed by atoms with Crippen LogP contribution in [-0.2, 0) is 14.3 Å². The summed E-state index contributed by atoms with van der Waals surface area (Å²) in [6.45, 7) is 8.14. The number of Topliss-reactive ketones (excluding diaryl/α,β-unsaturated/α-hetero) is 2. The standard InChI is InChI=1S/C16H22O4/c1-5-19-16(20-6-2)15(18)10-14(17)13-8-7-11(3)9-12(13)4/h7-9,16H,5-6,10H2,1-4H3. The summed E-state index contributed by atoms with van der Waals surface area (Å²) < 4.78 is 10.4. The Balaban J connectivity index is 2.75. The van der Waals surface area contributed by atoms with Gasteiger partial charge in [0.1, 0.15) is 0 Å². The van der Waals surface area contributed by atoms with Gasteiger partial charge in [0, 0.05) is 18.8 Å². The molecule has 1 aromatic carbocycles. The van der Waals surface area contributed by atoms with E-state index in [0.717, 1.165) is 11.1 Å². The second kappa shape index (κ2) is 7.92. The number of benzene rings is 1. The van der Waals surface area contributed by atoms with Crippen LogP contribution in [-0.4, -0.2) is 31.1 Å². The van der Waals surface area contributed by atoms with Gasteiger partial charge in [-0.3, -0.25) is 9.59 Å². The molecule has 4 nitrogen and oxygen atoms in total. The minimum Gasteiger partial charge on any atom is -0.346 e. The molecule has 0 radical (unpaired) electrons. The number of aryl methyl sites for hydroxylation is 2. The number of carbonyl (C=O) groups excluding carboxylic acids is 2. The third-order valence-corrected chi connectivity index (χ3v) is 2.92. The molecule has 0 saturated heterocycles. The van der Waals surface area contributed by atoms with Crippen molar-refractivity contribution >= 4 is 11.6 Å². The molecule has 0 unspecified atom stereocenters. The van der Waals surface area contributed by atoms with E-state index in [1.807, 2.05) is 26.0 Å². The van der Waals surface area contributed by atoms with E-state index in [9.17, 15) is 9.59 Å². The molecule has 0 saturated carbocycles. The SMILES string of the molecule is CCOC(OCC)C(=O)CC(=O)c1ccc(C)cc1C. The summed E-state index contributed by atoms with van der Waals surface area (Å²) in [5.41, 5.74) is 2.55. The van der Waals surface area contributed by atoms with Crippen LogP contribution in [0, 0.1) is 13.8 Å². The minimum absolute atomic E-state index is 0.197. The first-order chi connectivity index (χ1) is 9.49. The second-order valence-electron chi connectivity index (χ2n) is 4.63. The van der Waals surface area contributed by atoms with Gasteiger partial charge in [-0.1, -0.05) is 23.8 Å². The number of ketones is 2. The van der Waals surface area contributed by atoms with Gasteiger partial charge in [0.05, 0.1) is 6.42 Å². The van der Waals surface area contributed by atoms with Gasteiger partial charge in [-0.15, -0.1) is 0 Å². The summed E-state index contributed by atoms with van der Waals surface area (Å²) in [6, 6.07) is 5.56. The van der Waals surface area contributed by atoms with Crippen LogP contribution in [0.25, 0.3) is 0 Å². The average Bonchev–Trinajstić information content (AvgIpc) is 2.38. The van der Waals surface area contributed by atoms with E-state index in [4.69, 9.17) is 9.47 Å². The first-order valence-corrected chi connectivity index (χ1v) is 6.86. The predicted molar refractivity (Wildman–Crippen MR) is 76.9 cm³/mol. The van der Waals surface area contributed by atoms with Crippen LogP contribution in [0.5, 0.6) is 0 Å². The molecular weight excluding hydrogens is 256 g/mol. The molecule has 0 bridgehead atoms. The molecule has 1 aromatic rings. The predicted octanol–water partition coefficient (Wildman–Crippen LogP) is 2.84. The number of ether oxygens (including phenoxy) is 2. The van der Waals surface area contributed by atoms with Gasteiger partial charge in [0.25, 0.3) is 0 Å². The van der Waals surface area contributed by atoms with E-state index in [-0.39, 0.29) is 18.0 Å². The third-order valence-electron chi connectivity index (χ3n) is 2.92. The van der Waals surface area contributed by atoms with Crippen molar-refractivity contribution in [1.29, 1.82) is 0 Å². The van der Waals surface area contributed by atoms with Crippen molar-refractivity contribution in [3.8, 4) is 0 Å². The Labute approximate surface area is 120 Å². The number of carbonyl (C=O) groups is 2. The van der Waals surface area contributed by atoms with Crippen molar-refractivity contribution < 1.29 is 19.1 Å². The number of hydrogen-bond donors (Lipinski definition) is 0. The third kappa shape index (κ3) is 4.54. The van der Waals surface area contributed by atoms with Gasteiger partial charge in [-0.25, -0.2) is 0 Å². The topological polar surface area (TPSA) is 52.6 Å². The first-order valence-electron chi connectivity index (χ1n) is 6.86. The number of rotatable bonds is 8. The molecule has 0 aliphatic heterocycles. The quantitative estimate of drug-likeness (QED) is 0.417. The molecule has 0 N–H and O–H groups in total. The molecule has 0 aliphatic rings. The van der Waals surface area contributed by atoms with Crippen LogP contribution >= 0.6 is 0 Å². The van der Waals surface area contributed by atoms with Crippen molar-refractivity contribution in [3.05, 3.63) is 34.9 Å². The highest BCUT2D eigenvalue weighted by Crippen LogP contribution is 2.14. The summed E-state index contributed by atoms with van der Waals surface area (Å²) in [5, 5.41) is 0. The molecule has 0 heterocycles. The summed E-state index contributed by atoms with van der Waals surface area (Å²) in [4.78, 5) is 24.2. The van der Waals surface area contributed by atoms with Gasteiger partial charge in [0.2, 0.25) is 6.29 Å². The maximum atomic E-state index is 12.2. The number of hydrogen-bond acceptors (Lipinski definition) is 4. The van der Waals surface area contributed by atoms with Crippen LogP contribution in [0.4, 0.5) is 0 Å². The fourth-order valence-electron chi connectivity index (χ4n) is 2.00. The van der Waals surface area contributed by atoms with Crippen LogP contribution < -0.4 is 0 Å². The maximum absolute atomic E-state index is 12.2. The Kier molecular flexibility index (Phi) is 6.55. The van der Waals surface area contributed by atoms with E-state index in [1.54, 1.807) is 19.9 Å². The highest BCUT2D eigenvalue weighted by molar-refractivity contribution is 6.09. The lowest BCUT2D eigenvalue weighted by Crippen LogP contribution is -2.29. The van der Waals surface area contributed by atoms with Crippen molar-refractivity contribution in [2.45, 2.75) is 40.4 Å². The van der Waals surface area contributed by atoms with Gasteiger partial charge >= 0.3 is 0 Å². The van der Waals surface area contributed by atoms with E-state index in [2.05, 4.69) is 0 Å². The lowest BCUT2D eigenvalue weighted by Gasteiger charge is -2.15. The smallest absolute Gasteiger partial charge is 0.218 e. The highest BCUT2D eigenvalue weighted by Gasteiger charge is 2.23. The summed E-state index contributed by atoms with van der Waals surface area (Å²) in [6.07, 6.45) is -1.14. The lowest BCUT2D eigenvalue weighted by molar-refractivity contribution is -0.166. The van der Waals surface area contributed by atoms with Gasteiger partial charge in [-0.2, -0.15) is 0 Å². The molecule has 0 spiro atoms. The molecule has 0 aromatic heterocycles. The van der Waals surface area contributed by atoms with Crippen molar-refractivity contribution in [1.82, 2.24) is 0 Å². The fraction of sp³-hybridized carbons (Fsp3) is 0.500. The molecule has 0 aliphatic carbocycles. The van der Waals surface area contributed by atoms with Crippen molar-refractivity contribution in [2.24, 2.45) is 0 Å². The van der Waals surface area contributed by atoms with Gasteiger partial charge < -0.3 is 9.47 Å². The Bertz CT molecular complexity index is 473. The second-order valence-corrected chi connectivity index (χ2v) is 4.63. The highest BCUT2D eigenvalue weighted by atomic mass is 16.7. The summed E-state index contributed by atoms with van der Waals surface area (Å²) in [5.74, 6) is -0.532. The van der Waals surface area contributed by atoms with E-state index < -0.39 is 6.29 Å². The molecular formula is C16H22O4. The van der Waals surface area contributed by atoms with Crippen LogP contribution in [0.1, 0.15) is 41.8 Å². The molecule has 110 valence electrons. The molecule has 1 rings (SSSR count). The van der Waals surface area contributed by atoms with E-state index >= 15 is 0 Å². The van der Waals surface area contributed by atoms with Crippen LogP contribution in [0.3, 0.4) is 0 Å². The average molecular weight is 278 g/mol. The lowest BCUT2D eigenvalue weighted by atomic mass is 9.99. The zero-order valence-corrected chi connectivity index (χ0v) is 12.6. The maximum Gasteiger partial charge on any atom is 0.218 e. The first kappa shape index (κ1) is 16.5. The zero-order valence-electron chi connectivity index (χ0n) is 12.6. The van der Waals surface area contributed by atoms with Crippen molar-refractivity contribution in [2.75, 3.05) is 13.2 Å². The monoisotopic (exact) mass is 278 g/mol. The molecule has 0 atom stereocenters. The van der Waals surface area contributed by atoms with Gasteiger partial charge in [-0.05, 0) is 33.3 Å². The van der Waals surface area contributed by atoms with E-state index in [1.165, 1.54) is 0 Å². The largest absolute Gasteiger partial charge is 0.346 e. The van der Waals surface area contributed by atoms with E-state index in [0.29, 0.717) is 18.8 Å². The Hall–Kier alpha value is -1.52. The normalized spacial score (nSPS) is 10.8. The molecule has 4 heteroatoms. The van der Waals surface area contributed by atoms with Crippen LogP contribution in [0.2, 0.25) is 0 Å². The fourth-order valence-corrected chi connectivity index (χ4v) is 2.00. The molecule has 0 fully saturated rings. The summed E-state index contributed by atoms with van der Waals surface area (Å²) >= 11 is 0. The summed E-state index contributed by atoms with van der Waals surface area (Å²) in [7, 11) is 0. The Morgan fingerprint density at radius 3 is 2.20 bits per heavy atom. The van der Waals surface area contributed by atoms with Crippen molar-refractivity contribution in [3.63, 3.8) is 0 Å².